The monoisotopic (exact) mass is 458 g/mol. The second-order valence-corrected chi connectivity index (χ2v) is 9.17. The van der Waals surface area contributed by atoms with E-state index in [2.05, 4.69) is 6.92 Å². The molecule has 1 heterocycles. The number of hydrogen-bond acceptors (Lipinski definition) is 5. The summed E-state index contributed by atoms with van der Waals surface area (Å²) in [5.74, 6) is 0.781. The van der Waals surface area contributed by atoms with E-state index in [9.17, 15) is 10.1 Å². The first-order valence-corrected chi connectivity index (χ1v) is 11.5. The molecule has 0 saturated carbocycles. The molecule has 5 nitrogen and oxygen atoms in total. The van der Waals surface area contributed by atoms with Gasteiger partial charge in [0.2, 0.25) is 0 Å². The van der Waals surface area contributed by atoms with Gasteiger partial charge in [0.25, 0.3) is 0 Å². The van der Waals surface area contributed by atoms with E-state index in [4.69, 9.17) is 39.5 Å². The Morgan fingerprint density at radius 1 is 1.11 bits per heavy atom. The fourth-order valence-electron chi connectivity index (χ4n) is 3.05. The van der Waals surface area contributed by atoms with Crippen molar-refractivity contribution < 1.29 is 9.66 Å². The second kappa shape index (κ2) is 13.2. The molecule has 9 heteroatoms. The normalized spacial score (nSPS) is 21.0. The van der Waals surface area contributed by atoms with Gasteiger partial charge in [-0.15, -0.1) is 11.8 Å². The van der Waals surface area contributed by atoms with Crippen molar-refractivity contribution in [1.29, 1.82) is 0 Å². The van der Waals surface area contributed by atoms with Gasteiger partial charge in [-0.3, -0.25) is 10.1 Å². The molecule has 0 aliphatic carbocycles. The third-order valence-electron chi connectivity index (χ3n) is 4.20. The summed E-state index contributed by atoms with van der Waals surface area (Å²) in [6.07, 6.45) is 6.95. The number of nitro groups is 1. The zero-order chi connectivity index (χ0) is 20.4. The second-order valence-electron chi connectivity index (χ2n) is 6.76. The van der Waals surface area contributed by atoms with E-state index in [1.807, 2.05) is 18.7 Å². The van der Waals surface area contributed by atoms with Crippen LogP contribution in [0.2, 0.25) is 0 Å². The van der Waals surface area contributed by atoms with Crippen LogP contribution in [0.4, 0.5) is 0 Å². The number of allylic oxidation sites excluding steroid dienone is 1. The molecule has 0 amide bonds. The molecule has 1 rings (SSSR count). The van der Waals surface area contributed by atoms with E-state index in [1.165, 1.54) is 37.4 Å². The molecule has 27 heavy (non-hydrogen) atoms. The lowest BCUT2D eigenvalue weighted by atomic mass is 10.1. The van der Waals surface area contributed by atoms with E-state index in [-0.39, 0.29) is 27.4 Å². The molecule has 0 bridgehead atoms. The third kappa shape index (κ3) is 8.82. The number of rotatable bonds is 11. The molecule has 1 aliphatic heterocycles. The van der Waals surface area contributed by atoms with Crippen LogP contribution < -0.4 is 0 Å². The van der Waals surface area contributed by atoms with Crippen LogP contribution in [0, 0.1) is 10.1 Å². The molecule has 2 atom stereocenters. The fraction of sp³-hybridized carbons (Fsp3) is 0.778. The zero-order valence-corrected chi connectivity index (χ0v) is 19.3. The average molecular weight is 460 g/mol. The van der Waals surface area contributed by atoms with Crippen LogP contribution in [-0.4, -0.2) is 40.9 Å². The molecule has 2 unspecified atom stereocenters. The lowest BCUT2D eigenvalue weighted by Crippen LogP contribution is -2.45. The van der Waals surface area contributed by atoms with Crippen LogP contribution in [0.1, 0.15) is 59.3 Å². The summed E-state index contributed by atoms with van der Waals surface area (Å²) >= 11 is 19.1. The number of nitrogens with zero attached hydrogens (tertiary/aromatic N) is 2. The number of halogens is 3. The van der Waals surface area contributed by atoms with Gasteiger partial charge < -0.3 is 9.64 Å². The highest BCUT2D eigenvalue weighted by atomic mass is 35.5. The molecule has 0 N–H and O–H groups in total. The van der Waals surface area contributed by atoms with Gasteiger partial charge >= 0.3 is 5.70 Å². The Kier molecular flexibility index (Phi) is 12.1. The molecule has 0 spiro atoms. The van der Waals surface area contributed by atoms with Gasteiger partial charge in [-0.05, 0) is 26.0 Å². The minimum atomic E-state index is -0.499. The highest BCUT2D eigenvalue weighted by molar-refractivity contribution is 8.03. The van der Waals surface area contributed by atoms with E-state index < -0.39 is 4.92 Å². The summed E-state index contributed by atoms with van der Waals surface area (Å²) in [4.78, 5) is 13.2. The Balaban J connectivity index is 2.96. The Hall–Kier alpha value is -0.140. The van der Waals surface area contributed by atoms with E-state index in [1.54, 1.807) is 0 Å². The van der Waals surface area contributed by atoms with Crippen LogP contribution in [-0.2, 0) is 4.74 Å². The summed E-state index contributed by atoms with van der Waals surface area (Å²) in [5.41, 5.74) is -0.228. The van der Waals surface area contributed by atoms with Crippen molar-refractivity contribution in [2.45, 2.75) is 71.5 Å². The molecule has 156 valence electrons. The van der Waals surface area contributed by atoms with Gasteiger partial charge in [0.15, 0.2) is 10.1 Å². The molecule has 1 aliphatic rings. The van der Waals surface area contributed by atoms with Crippen LogP contribution in [0.5, 0.6) is 0 Å². The fourth-order valence-corrected chi connectivity index (χ4v) is 4.63. The Morgan fingerprint density at radius 3 is 2.19 bits per heavy atom. The zero-order valence-electron chi connectivity index (χ0n) is 16.2. The molecule has 1 saturated heterocycles. The highest BCUT2D eigenvalue weighted by Crippen LogP contribution is 2.35. The van der Waals surface area contributed by atoms with Crippen molar-refractivity contribution >= 4 is 46.6 Å². The van der Waals surface area contributed by atoms with Crippen LogP contribution in [0.3, 0.4) is 0 Å². The van der Waals surface area contributed by atoms with E-state index in [0.717, 1.165) is 18.6 Å². The summed E-state index contributed by atoms with van der Waals surface area (Å²) in [5, 5.41) is 12.0. The maximum atomic E-state index is 11.7. The summed E-state index contributed by atoms with van der Waals surface area (Å²) in [7, 11) is 0. The smallest absolute Gasteiger partial charge is 0.319 e. The predicted octanol–water partition coefficient (Wildman–Crippen LogP) is 6.52. The highest BCUT2D eigenvalue weighted by Gasteiger charge is 2.33. The Labute approximate surface area is 181 Å². The Bertz CT molecular complexity index is 544. The molecular weight excluding hydrogens is 431 g/mol. The number of morpholine rings is 1. The average Bonchev–Trinajstić information content (AvgIpc) is 2.58. The molecule has 0 radical (unpaired) electrons. The van der Waals surface area contributed by atoms with Crippen LogP contribution >= 0.6 is 46.6 Å². The van der Waals surface area contributed by atoms with Crippen molar-refractivity contribution in [1.82, 2.24) is 4.90 Å². The molecule has 1 fully saturated rings. The molecular formula is C18H29Cl3N2O3S. The predicted molar refractivity (Wildman–Crippen MR) is 116 cm³/mol. The van der Waals surface area contributed by atoms with Crippen LogP contribution in [0.25, 0.3) is 0 Å². The first kappa shape index (κ1) is 24.9. The van der Waals surface area contributed by atoms with Crippen molar-refractivity contribution in [3.05, 3.63) is 30.4 Å². The first-order valence-electron chi connectivity index (χ1n) is 9.40. The standard InChI is InChI=1S/C18H29Cl3N2O3S/c1-4-5-6-7-8-9-10-27-18(16(23(24)25)15(19)17(20)21)22-11-13(2)26-14(3)12-22/h13-14H,4-12H2,1-3H3/b18-16+. The largest absolute Gasteiger partial charge is 0.372 e. The summed E-state index contributed by atoms with van der Waals surface area (Å²) in [6, 6.07) is 0. The van der Waals surface area contributed by atoms with Crippen molar-refractivity contribution in [3.63, 3.8) is 0 Å². The minimum Gasteiger partial charge on any atom is -0.372 e. The molecule has 0 aromatic carbocycles. The number of thioether (sulfide) groups is 1. The topological polar surface area (TPSA) is 55.6 Å². The van der Waals surface area contributed by atoms with Gasteiger partial charge in [-0.2, -0.15) is 0 Å². The van der Waals surface area contributed by atoms with Gasteiger partial charge in [-0.25, -0.2) is 0 Å². The summed E-state index contributed by atoms with van der Waals surface area (Å²) in [6.45, 7) is 7.22. The molecule has 0 aromatic heterocycles. The van der Waals surface area contributed by atoms with E-state index in [0.29, 0.717) is 18.1 Å². The third-order valence-corrected chi connectivity index (χ3v) is 6.36. The van der Waals surface area contributed by atoms with Crippen molar-refractivity contribution in [2.24, 2.45) is 0 Å². The van der Waals surface area contributed by atoms with Crippen molar-refractivity contribution in [2.75, 3.05) is 18.8 Å². The van der Waals surface area contributed by atoms with Crippen molar-refractivity contribution in [3.8, 4) is 0 Å². The maximum absolute atomic E-state index is 11.7. The van der Waals surface area contributed by atoms with Gasteiger partial charge in [-0.1, -0.05) is 73.8 Å². The quantitative estimate of drug-likeness (QED) is 0.152. The van der Waals surface area contributed by atoms with Gasteiger partial charge in [0.1, 0.15) is 4.49 Å². The number of hydrogen-bond donors (Lipinski definition) is 0. The molecule has 0 aromatic rings. The maximum Gasteiger partial charge on any atom is 0.319 e. The van der Waals surface area contributed by atoms with Gasteiger partial charge in [0.05, 0.1) is 17.1 Å². The minimum absolute atomic E-state index is 0.0272. The lowest BCUT2D eigenvalue weighted by molar-refractivity contribution is -0.421. The first-order chi connectivity index (χ1) is 12.8. The lowest BCUT2D eigenvalue weighted by Gasteiger charge is -2.37. The van der Waals surface area contributed by atoms with E-state index >= 15 is 0 Å². The summed E-state index contributed by atoms with van der Waals surface area (Å²) < 4.78 is 5.46. The number of unbranched alkanes of at least 4 members (excludes halogenated alkanes) is 5. The Morgan fingerprint density at radius 2 is 1.67 bits per heavy atom. The van der Waals surface area contributed by atoms with Gasteiger partial charge in [0, 0.05) is 13.1 Å². The van der Waals surface area contributed by atoms with Crippen LogP contribution in [0.15, 0.2) is 20.2 Å². The SMILES string of the molecule is CCCCCCCCS/C(=C(\C(Cl)=C(Cl)Cl)[N+](=O)[O-])N1CC(C)OC(C)C1. The number of ether oxygens (including phenoxy) is 1.